The van der Waals surface area contributed by atoms with Gasteiger partial charge in [0.2, 0.25) is 0 Å². The number of aldehydes is 1. The SMILES string of the molecule is O=CC1=Cc2ccc(O)cc2CC1. The van der Waals surface area contributed by atoms with Gasteiger partial charge in [0.25, 0.3) is 0 Å². The highest BCUT2D eigenvalue weighted by atomic mass is 16.3. The first kappa shape index (κ1) is 8.05. The summed E-state index contributed by atoms with van der Waals surface area (Å²) in [5, 5.41) is 9.22. The van der Waals surface area contributed by atoms with Crippen molar-refractivity contribution >= 4 is 12.4 Å². The van der Waals surface area contributed by atoms with E-state index in [2.05, 4.69) is 0 Å². The van der Waals surface area contributed by atoms with Crippen LogP contribution in [0.4, 0.5) is 0 Å². The molecule has 0 bridgehead atoms. The fourth-order valence-electron chi connectivity index (χ4n) is 1.59. The van der Waals surface area contributed by atoms with Gasteiger partial charge in [-0.15, -0.1) is 0 Å². The number of aryl methyl sites for hydroxylation is 1. The summed E-state index contributed by atoms with van der Waals surface area (Å²) >= 11 is 0. The van der Waals surface area contributed by atoms with Crippen LogP contribution in [0.15, 0.2) is 23.8 Å². The maximum absolute atomic E-state index is 10.5. The smallest absolute Gasteiger partial charge is 0.146 e. The Kier molecular flexibility index (Phi) is 1.89. The van der Waals surface area contributed by atoms with Gasteiger partial charge in [-0.2, -0.15) is 0 Å². The normalized spacial score (nSPS) is 14.6. The van der Waals surface area contributed by atoms with Gasteiger partial charge in [0.15, 0.2) is 0 Å². The molecule has 1 aromatic carbocycles. The lowest BCUT2D eigenvalue weighted by atomic mass is 9.93. The van der Waals surface area contributed by atoms with Crippen LogP contribution < -0.4 is 0 Å². The van der Waals surface area contributed by atoms with Crippen molar-refractivity contribution in [2.24, 2.45) is 0 Å². The first-order valence-electron chi connectivity index (χ1n) is 4.27. The number of rotatable bonds is 1. The fraction of sp³-hybridized carbons (Fsp3) is 0.182. The Morgan fingerprint density at radius 2 is 2.15 bits per heavy atom. The third-order valence-electron chi connectivity index (χ3n) is 2.30. The molecule has 1 aromatic rings. The molecule has 0 radical (unpaired) electrons. The topological polar surface area (TPSA) is 37.3 Å². The molecule has 2 rings (SSSR count). The minimum absolute atomic E-state index is 0.293. The van der Waals surface area contributed by atoms with E-state index in [0.717, 1.165) is 35.8 Å². The number of hydrogen-bond donors (Lipinski definition) is 1. The monoisotopic (exact) mass is 174 g/mol. The molecule has 2 heteroatoms. The van der Waals surface area contributed by atoms with Crippen molar-refractivity contribution < 1.29 is 9.90 Å². The van der Waals surface area contributed by atoms with Gasteiger partial charge >= 0.3 is 0 Å². The summed E-state index contributed by atoms with van der Waals surface area (Å²) in [6, 6.07) is 5.24. The molecule has 1 N–H and O–H groups in total. The van der Waals surface area contributed by atoms with E-state index in [9.17, 15) is 9.90 Å². The molecule has 0 atom stereocenters. The predicted octanol–water partition coefficient (Wildman–Crippen LogP) is 1.92. The Balaban J connectivity index is 2.48. The van der Waals surface area contributed by atoms with Crippen LogP contribution in [0.3, 0.4) is 0 Å². The lowest BCUT2D eigenvalue weighted by molar-refractivity contribution is -0.105. The van der Waals surface area contributed by atoms with E-state index < -0.39 is 0 Å². The van der Waals surface area contributed by atoms with Crippen molar-refractivity contribution in [3.63, 3.8) is 0 Å². The molecule has 0 spiro atoms. The van der Waals surface area contributed by atoms with Gasteiger partial charge < -0.3 is 5.11 Å². The van der Waals surface area contributed by atoms with Gasteiger partial charge in [0.1, 0.15) is 12.0 Å². The highest BCUT2D eigenvalue weighted by molar-refractivity contribution is 5.83. The average molecular weight is 174 g/mol. The molecule has 13 heavy (non-hydrogen) atoms. The minimum atomic E-state index is 0.293. The number of hydrogen-bond acceptors (Lipinski definition) is 2. The summed E-state index contributed by atoms with van der Waals surface area (Å²) in [5.74, 6) is 0.293. The summed E-state index contributed by atoms with van der Waals surface area (Å²) < 4.78 is 0. The molecule has 2 nitrogen and oxygen atoms in total. The first-order chi connectivity index (χ1) is 6.29. The van der Waals surface area contributed by atoms with Crippen LogP contribution in [-0.4, -0.2) is 11.4 Å². The van der Waals surface area contributed by atoms with E-state index in [4.69, 9.17) is 0 Å². The summed E-state index contributed by atoms with van der Waals surface area (Å²) in [7, 11) is 0. The molecule has 1 aliphatic carbocycles. The van der Waals surface area contributed by atoms with Crippen LogP contribution in [0.5, 0.6) is 5.75 Å². The Morgan fingerprint density at radius 3 is 2.92 bits per heavy atom. The molecule has 0 aliphatic heterocycles. The van der Waals surface area contributed by atoms with Gasteiger partial charge in [-0.3, -0.25) is 4.79 Å². The lowest BCUT2D eigenvalue weighted by Crippen LogP contribution is -1.99. The quantitative estimate of drug-likeness (QED) is 0.660. The third-order valence-corrected chi connectivity index (χ3v) is 2.30. The van der Waals surface area contributed by atoms with E-state index in [1.807, 2.05) is 12.1 Å². The summed E-state index contributed by atoms with van der Waals surface area (Å²) in [6.45, 7) is 0. The van der Waals surface area contributed by atoms with Crippen molar-refractivity contribution in [3.05, 3.63) is 34.9 Å². The number of carbonyl (C=O) groups is 1. The maximum Gasteiger partial charge on any atom is 0.146 e. The zero-order chi connectivity index (χ0) is 9.26. The van der Waals surface area contributed by atoms with E-state index in [1.54, 1.807) is 12.1 Å². The number of fused-ring (bicyclic) bond motifs is 1. The predicted molar refractivity (Wildman–Crippen MR) is 50.5 cm³/mol. The van der Waals surface area contributed by atoms with Crippen molar-refractivity contribution in [1.29, 1.82) is 0 Å². The average Bonchev–Trinajstić information content (AvgIpc) is 2.17. The van der Waals surface area contributed by atoms with Crippen LogP contribution in [0.25, 0.3) is 6.08 Å². The number of allylic oxidation sites excluding steroid dienone is 1. The second kappa shape index (κ2) is 3.05. The molecule has 0 saturated heterocycles. The standard InChI is InChI=1S/C11H10O2/c12-7-8-1-2-10-6-11(13)4-3-9(10)5-8/h3-7,13H,1-2H2. The summed E-state index contributed by atoms with van der Waals surface area (Å²) in [6.07, 6.45) is 4.40. The molecular weight excluding hydrogens is 164 g/mol. The van der Waals surface area contributed by atoms with Crippen LogP contribution in [0.2, 0.25) is 0 Å². The highest BCUT2D eigenvalue weighted by Gasteiger charge is 2.09. The Labute approximate surface area is 76.5 Å². The summed E-state index contributed by atoms with van der Waals surface area (Å²) in [4.78, 5) is 10.5. The van der Waals surface area contributed by atoms with E-state index in [-0.39, 0.29) is 0 Å². The number of carbonyl (C=O) groups excluding carboxylic acids is 1. The first-order valence-corrected chi connectivity index (χ1v) is 4.27. The number of phenolic OH excluding ortho intramolecular Hbond substituents is 1. The Bertz CT molecular complexity index is 378. The second-order valence-electron chi connectivity index (χ2n) is 3.22. The van der Waals surface area contributed by atoms with Crippen molar-refractivity contribution in [3.8, 4) is 5.75 Å². The molecule has 0 saturated carbocycles. The molecule has 0 unspecified atom stereocenters. The van der Waals surface area contributed by atoms with Crippen LogP contribution in [0, 0.1) is 0 Å². The Hall–Kier alpha value is -1.57. The molecule has 0 heterocycles. The van der Waals surface area contributed by atoms with Gasteiger partial charge in [-0.25, -0.2) is 0 Å². The zero-order valence-electron chi connectivity index (χ0n) is 7.16. The van der Waals surface area contributed by atoms with Gasteiger partial charge in [0.05, 0.1) is 0 Å². The Morgan fingerprint density at radius 1 is 1.31 bits per heavy atom. The molecular formula is C11H10O2. The number of phenols is 1. The maximum atomic E-state index is 10.5. The van der Waals surface area contributed by atoms with E-state index in [0.29, 0.717) is 5.75 Å². The van der Waals surface area contributed by atoms with Crippen LogP contribution in [0.1, 0.15) is 17.5 Å². The second-order valence-corrected chi connectivity index (χ2v) is 3.22. The number of benzene rings is 1. The fourth-order valence-corrected chi connectivity index (χ4v) is 1.59. The van der Waals surface area contributed by atoms with Crippen molar-refractivity contribution in [1.82, 2.24) is 0 Å². The van der Waals surface area contributed by atoms with Crippen LogP contribution in [-0.2, 0) is 11.2 Å². The molecule has 66 valence electrons. The summed E-state index contributed by atoms with van der Waals surface area (Å²) in [5.41, 5.74) is 3.00. The van der Waals surface area contributed by atoms with Gasteiger partial charge in [-0.1, -0.05) is 6.07 Å². The van der Waals surface area contributed by atoms with Crippen molar-refractivity contribution in [2.45, 2.75) is 12.8 Å². The van der Waals surface area contributed by atoms with E-state index in [1.165, 1.54) is 0 Å². The number of aromatic hydroxyl groups is 1. The largest absolute Gasteiger partial charge is 0.508 e. The van der Waals surface area contributed by atoms with E-state index >= 15 is 0 Å². The van der Waals surface area contributed by atoms with Crippen LogP contribution >= 0.6 is 0 Å². The molecule has 0 aromatic heterocycles. The zero-order valence-corrected chi connectivity index (χ0v) is 7.16. The van der Waals surface area contributed by atoms with Crippen molar-refractivity contribution in [2.75, 3.05) is 0 Å². The molecule has 1 aliphatic rings. The lowest BCUT2D eigenvalue weighted by Gasteiger charge is -2.12. The highest BCUT2D eigenvalue weighted by Crippen LogP contribution is 2.25. The third kappa shape index (κ3) is 1.47. The van der Waals surface area contributed by atoms with Gasteiger partial charge in [0, 0.05) is 0 Å². The molecule has 0 fully saturated rings. The van der Waals surface area contributed by atoms with Gasteiger partial charge in [-0.05, 0) is 47.8 Å². The molecule has 0 amide bonds. The minimum Gasteiger partial charge on any atom is -0.508 e.